The number of amides is 1. The molecule has 0 saturated carbocycles. The lowest BCUT2D eigenvalue weighted by Crippen LogP contribution is -2.41. The predicted octanol–water partition coefficient (Wildman–Crippen LogP) is 3.07. The molecule has 150 valence electrons. The van der Waals surface area contributed by atoms with Crippen LogP contribution >= 0.6 is 0 Å². The first kappa shape index (κ1) is 18.2. The molecule has 1 aliphatic rings. The average molecular weight is 399 g/mol. The Hall–Kier alpha value is -3.81. The molecule has 8 nitrogen and oxygen atoms in total. The third-order valence-corrected chi connectivity index (χ3v) is 5.34. The second-order valence-corrected chi connectivity index (χ2v) is 7.33. The van der Waals surface area contributed by atoms with Crippen molar-refractivity contribution in [2.75, 3.05) is 23.3 Å². The number of para-hydroxylation sites is 2. The highest BCUT2D eigenvalue weighted by molar-refractivity contribution is 5.93. The molecule has 0 bridgehead atoms. The van der Waals surface area contributed by atoms with E-state index in [1.165, 1.54) is 0 Å². The maximum atomic E-state index is 12.8. The van der Waals surface area contributed by atoms with Gasteiger partial charge in [0, 0.05) is 25.5 Å². The van der Waals surface area contributed by atoms with E-state index in [9.17, 15) is 4.79 Å². The van der Waals surface area contributed by atoms with E-state index in [1.807, 2.05) is 41.0 Å². The summed E-state index contributed by atoms with van der Waals surface area (Å²) in [5.41, 5.74) is 2.59. The minimum absolute atomic E-state index is 0.00161. The predicted molar refractivity (Wildman–Crippen MR) is 114 cm³/mol. The number of anilines is 2. The third kappa shape index (κ3) is 3.59. The van der Waals surface area contributed by atoms with Crippen LogP contribution in [0.3, 0.4) is 0 Å². The molecule has 0 spiro atoms. The highest BCUT2D eigenvalue weighted by Gasteiger charge is 2.27. The molecule has 1 atom stereocenters. The molecular weight excluding hydrogens is 378 g/mol. The normalized spacial score (nSPS) is 16.5. The van der Waals surface area contributed by atoms with Crippen molar-refractivity contribution in [1.29, 1.82) is 0 Å². The van der Waals surface area contributed by atoms with Gasteiger partial charge in [-0.3, -0.25) is 9.36 Å². The van der Waals surface area contributed by atoms with Gasteiger partial charge in [0.1, 0.15) is 12.1 Å². The second kappa shape index (κ2) is 7.90. The molecule has 1 aliphatic heterocycles. The molecular formula is C22H21N7O. The molecule has 5 rings (SSSR count). The van der Waals surface area contributed by atoms with E-state index in [0.29, 0.717) is 18.2 Å². The lowest BCUT2D eigenvalue weighted by Gasteiger charge is -2.31. The summed E-state index contributed by atoms with van der Waals surface area (Å²) in [5.74, 6) is 1.32. The Kier molecular flexibility index (Phi) is 4.80. The summed E-state index contributed by atoms with van der Waals surface area (Å²) in [6, 6.07) is 13.5. The molecule has 1 saturated heterocycles. The standard InChI is InChI=1S/C22H21N7O/c30-21(16-5-3-12-28(14-16)22-23-10-4-11-24-22)27-17-8-9-20(25-13-17)29-15-26-18-6-1-2-7-19(18)29/h1-2,4,6-11,13,15-16H,3,5,12,14H2,(H,27,30). The van der Waals surface area contributed by atoms with Crippen molar-refractivity contribution < 1.29 is 4.79 Å². The number of carbonyl (C=O) groups excluding carboxylic acids is 1. The van der Waals surface area contributed by atoms with Crippen LogP contribution in [0.25, 0.3) is 16.9 Å². The van der Waals surface area contributed by atoms with E-state index in [1.54, 1.807) is 31.0 Å². The number of nitrogens with one attached hydrogen (secondary N) is 1. The van der Waals surface area contributed by atoms with Gasteiger partial charge in [-0.15, -0.1) is 0 Å². The number of nitrogens with zero attached hydrogens (tertiary/aromatic N) is 6. The number of imidazole rings is 1. The Morgan fingerprint density at radius 1 is 1.00 bits per heavy atom. The van der Waals surface area contributed by atoms with Crippen molar-refractivity contribution in [3.63, 3.8) is 0 Å². The van der Waals surface area contributed by atoms with Crippen LogP contribution in [-0.2, 0) is 4.79 Å². The van der Waals surface area contributed by atoms with Gasteiger partial charge in [-0.1, -0.05) is 12.1 Å². The Bertz CT molecular complexity index is 1160. The number of rotatable bonds is 4. The Morgan fingerprint density at radius 3 is 2.70 bits per heavy atom. The summed E-state index contributed by atoms with van der Waals surface area (Å²) in [6.45, 7) is 1.48. The van der Waals surface area contributed by atoms with E-state index < -0.39 is 0 Å². The lowest BCUT2D eigenvalue weighted by molar-refractivity contribution is -0.120. The molecule has 0 radical (unpaired) electrons. The first-order chi connectivity index (χ1) is 14.8. The number of piperidine rings is 1. The second-order valence-electron chi connectivity index (χ2n) is 7.33. The summed E-state index contributed by atoms with van der Waals surface area (Å²) in [4.78, 5) is 32.4. The summed E-state index contributed by atoms with van der Waals surface area (Å²) in [7, 11) is 0. The Balaban J connectivity index is 1.27. The topological polar surface area (TPSA) is 88.8 Å². The molecule has 1 unspecified atom stereocenters. The van der Waals surface area contributed by atoms with Gasteiger partial charge in [0.25, 0.3) is 0 Å². The van der Waals surface area contributed by atoms with Gasteiger partial charge in [0.15, 0.2) is 0 Å². The highest BCUT2D eigenvalue weighted by Crippen LogP contribution is 2.22. The smallest absolute Gasteiger partial charge is 0.229 e. The SMILES string of the molecule is O=C(Nc1ccc(-n2cnc3ccccc32)nc1)C1CCCN(c2ncccn2)C1. The van der Waals surface area contributed by atoms with Crippen molar-refractivity contribution in [3.05, 3.63) is 67.4 Å². The average Bonchev–Trinajstić information content (AvgIpc) is 3.24. The van der Waals surface area contributed by atoms with Crippen molar-refractivity contribution in [3.8, 4) is 5.82 Å². The first-order valence-corrected chi connectivity index (χ1v) is 9.99. The van der Waals surface area contributed by atoms with Crippen LogP contribution in [0.1, 0.15) is 12.8 Å². The van der Waals surface area contributed by atoms with E-state index in [0.717, 1.165) is 36.2 Å². The monoisotopic (exact) mass is 399 g/mol. The van der Waals surface area contributed by atoms with E-state index in [-0.39, 0.29) is 11.8 Å². The maximum Gasteiger partial charge on any atom is 0.229 e. The van der Waals surface area contributed by atoms with Crippen molar-refractivity contribution >= 4 is 28.6 Å². The number of pyridine rings is 1. The summed E-state index contributed by atoms with van der Waals surface area (Å²) in [6.07, 6.45) is 8.67. The van der Waals surface area contributed by atoms with Gasteiger partial charge in [-0.25, -0.2) is 19.9 Å². The molecule has 4 aromatic rings. The van der Waals surface area contributed by atoms with Crippen LogP contribution < -0.4 is 10.2 Å². The van der Waals surface area contributed by atoms with E-state index >= 15 is 0 Å². The van der Waals surface area contributed by atoms with Crippen LogP contribution in [0.5, 0.6) is 0 Å². The highest BCUT2D eigenvalue weighted by atomic mass is 16.1. The minimum Gasteiger partial charge on any atom is -0.340 e. The lowest BCUT2D eigenvalue weighted by atomic mass is 9.97. The van der Waals surface area contributed by atoms with Crippen molar-refractivity contribution in [2.24, 2.45) is 5.92 Å². The fourth-order valence-corrected chi connectivity index (χ4v) is 3.82. The zero-order chi connectivity index (χ0) is 20.3. The van der Waals surface area contributed by atoms with Gasteiger partial charge in [0.05, 0.1) is 28.8 Å². The van der Waals surface area contributed by atoms with Crippen LogP contribution in [-0.4, -0.2) is 43.5 Å². The molecule has 4 heterocycles. The molecule has 3 aromatic heterocycles. The van der Waals surface area contributed by atoms with E-state index in [2.05, 4.69) is 30.2 Å². The molecule has 1 N–H and O–H groups in total. The van der Waals surface area contributed by atoms with Crippen LogP contribution in [0.15, 0.2) is 67.4 Å². The molecule has 1 fully saturated rings. The summed E-state index contributed by atoms with van der Waals surface area (Å²) >= 11 is 0. The molecule has 1 amide bonds. The number of hydrogen-bond donors (Lipinski definition) is 1. The fourth-order valence-electron chi connectivity index (χ4n) is 3.82. The van der Waals surface area contributed by atoms with Crippen molar-refractivity contribution in [2.45, 2.75) is 12.8 Å². The Labute approximate surface area is 173 Å². The summed E-state index contributed by atoms with van der Waals surface area (Å²) in [5, 5.41) is 3.00. The van der Waals surface area contributed by atoms with Crippen LogP contribution in [0.2, 0.25) is 0 Å². The fraction of sp³-hybridized carbons (Fsp3) is 0.227. The van der Waals surface area contributed by atoms with Crippen molar-refractivity contribution in [1.82, 2.24) is 24.5 Å². The van der Waals surface area contributed by atoms with Gasteiger partial charge in [0.2, 0.25) is 11.9 Å². The minimum atomic E-state index is -0.111. The third-order valence-electron chi connectivity index (χ3n) is 5.34. The molecule has 8 heteroatoms. The number of fused-ring (bicyclic) bond motifs is 1. The molecule has 1 aromatic carbocycles. The van der Waals surface area contributed by atoms with Gasteiger partial charge in [-0.05, 0) is 43.2 Å². The zero-order valence-electron chi connectivity index (χ0n) is 16.3. The first-order valence-electron chi connectivity index (χ1n) is 9.99. The van der Waals surface area contributed by atoms with Gasteiger partial charge >= 0.3 is 0 Å². The van der Waals surface area contributed by atoms with E-state index in [4.69, 9.17) is 0 Å². The Morgan fingerprint density at radius 2 is 1.87 bits per heavy atom. The molecule has 0 aliphatic carbocycles. The number of hydrogen-bond acceptors (Lipinski definition) is 6. The number of benzene rings is 1. The van der Waals surface area contributed by atoms with Gasteiger partial charge < -0.3 is 10.2 Å². The maximum absolute atomic E-state index is 12.8. The summed E-state index contributed by atoms with van der Waals surface area (Å²) < 4.78 is 1.93. The quantitative estimate of drug-likeness (QED) is 0.567. The zero-order valence-corrected chi connectivity index (χ0v) is 16.3. The number of carbonyl (C=O) groups is 1. The van der Waals surface area contributed by atoms with Crippen LogP contribution in [0.4, 0.5) is 11.6 Å². The van der Waals surface area contributed by atoms with Crippen LogP contribution in [0, 0.1) is 5.92 Å². The van der Waals surface area contributed by atoms with Gasteiger partial charge in [-0.2, -0.15) is 0 Å². The number of aromatic nitrogens is 5. The molecule has 30 heavy (non-hydrogen) atoms. The largest absolute Gasteiger partial charge is 0.340 e.